The molecule has 0 aliphatic heterocycles. The maximum atomic E-state index is 13.7. The third-order valence-electron chi connectivity index (χ3n) is 6.40. The smallest absolute Gasteiger partial charge is 0.343 e. The number of carbonyl (C=O) groups is 1. The highest BCUT2D eigenvalue weighted by Gasteiger charge is 2.52. The van der Waals surface area contributed by atoms with Crippen LogP contribution in [-0.2, 0) is 26.5 Å². The predicted molar refractivity (Wildman–Crippen MR) is 143 cm³/mol. The first-order chi connectivity index (χ1) is 18.6. The number of ether oxygens (including phenoxy) is 2. The molecule has 1 heterocycles. The van der Waals surface area contributed by atoms with E-state index in [2.05, 4.69) is 5.16 Å². The van der Waals surface area contributed by atoms with E-state index < -0.39 is 17.7 Å². The summed E-state index contributed by atoms with van der Waals surface area (Å²) in [6, 6.07) is 32.9. The van der Waals surface area contributed by atoms with Crippen molar-refractivity contribution in [1.82, 2.24) is 5.16 Å². The number of para-hydroxylation sites is 1. The van der Waals surface area contributed by atoms with Crippen LogP contribution in [0.2, 0.25) is 0 Å². The van der Waals surface area contributed by atoms with E-state index in [1.165, 1.54) is 0 Å². The molecule has 2 atom stereocenters. The van der Waals surface area contributed by atoms with Gasteiger partial charge in [0, 0.05) is 22.9 Å². The second-order valence-corrected chi connectivity index (χ2v) is 8.70. The van der Waals surface area contributed by atoms with Gasteiger partial charge in [0.1, 0.15) is 11.6 Å². The molecule has 2 unspecified atom stereocenters. The van der Waals surface area contributed by atoms with Crippen molar-refractivity contribution in [1.29, 1.82) is 0 Å². The van der Waals surface area contributed by atoms with Crippen LogP contribution in [0.15, 0.2) is 118 Å². The number of aliphatic carboxylic acids is 1. The standard InChI is InChI=1S/C31H27NO6/c1-2-35-29(23-15-7-4-8-16-23)31(30(33)34,36-21-22-13-5-3-6-14-22)28-24-17-9-11-19-26(24)32-38-37-27-20-12-10-18-25(27)28/h3-20,29H,2,21H2,1H3,(H,33,34). The minimum absolute atomic E-state index is 0.0197. The molecular weight excluding hydrogens is 482 g/mol. The summed E-state index contributed by atoms with van der Waals surface area (Å²) in [7, 11) is 0. The Balaban J connectivity index is 1.92. The van der Waals surface area contributed by atoms with Gasteiger partial charge in [0.25, 0.3) is 0 Å². The van der Waals surface area contributed by atoms with Crippen LogP contribution in [0.4, 0.5) is 0 Å². The van der Waals surface area contributed by atoms with Gasteiger partial charge < -0.3 is 14.6 Å². The van der Waals surface area contributed by atoms with Crippen LogP contribution in [-0.4, -0.2) is 22.8 Å². The number of nitrogens with zero attached hydrogens (tertiary/aromatic N) is 1. The van der Waals surface area contributed by atoms with E-state index in [-0.39, 0.29) is 13.2 Å². The van der Waals surface area contributed by atoms with E-state index in [0.29, 0.717) is 33.0 Å². The molecule has 0 spiro atoms. The molecule has 192 valence electrons. The average Bonchev–Trinajstić information content (AvgIpc) is 2.95. The SMILES string of the molecule is CCOC(c1ccccc1)C(OCc1ccccc1)(C(=O)O)c1c2ccccc2nooc2ccccc12. The van der Waals surface area contributed by atoms with E-state index >= 15 is 0 Å². The van der Waals surface area contributed by atoms with E-state index in [4.69, 9.17) is 18.7 Å². The molecule has 1 N–H and O–H groups in total. The number of carboxylic acid groups (broad SMARTS) is 1. The van der Waals surface area contributed by atoms with Crippen LogP contribution in [0.25, 0.3) is 21.9 Å². The summed E-state index contributed by atoms with van der Waals surface area (Å²) < 4.78 is 23.6. The summed E-state index contributed by atoms with van der Waals surface area (Å²) in [5, 5.41) is 16.3. The van der Waals surface area contributed by atoms with Crippen molar-refractivity contribution in [2.45, 2.75) is 25.2 Å². The van der Waals surface area contributed by atoms with Gasteiger partial charge in [0.2, 0.25) is 5.60 Å². The molecule has 38 heavy (non-hydrogen) atoms. The molecule has 0 aliphatic carbocycles. The molecule has 0 saturated heterocycles. The number of hydrogen-bond donors (Lipinski definition) is 1. The second kappa shape index (κ2) is 11.3. The molecule has 0 fully saturated rings. The van der Waals surface area contributed by atoms with Crippen LogP contribution >= 0.6 is 0 Å². The molecule has 0 amide bonds. The molecule has 5 rings (SSSR count). The lowest BCUT2D eigenvalue weighted by atomic mass is 9.80. The monoisotopic (exact) mass is 509 g/mol. The summed E-state index contributed by atoms with van der Waals surface area (Å²) in [6.45, 7) is 2.10. The lowest BCUT2D eigenvalue weighted by Gasteiger charge is -2.38. The molecular formula is C31H27NO6. The largest absolute Gasteiger partial charge is 0.479 e. The van der Waals surface area contributed by atoms with Crippen LogP contribution in [0.1, 0.15) is 29.7 Å². The lowest BCUT2D eigenvalue weighted by molar-refractivity contribution is -0.197. The minimum atomic E-state index is -2.02. The van der Waals surface area contributed by atoms with Crippen LogP contribution in [0.5, 0.6) is 0 Å². The molecule has 0 bridgehead atoms. The molecule has 4 aromatic carbocycles. The number of rotatable bonds is 9. The molecule has 0 saturated carbocycles. The quantitative estimate of drug-likeness (QED) is 0.214. The fourth-order valence-electron chi connectivity index (χ4n) is 4.73. The first-order valence-electron chi connectivity index (χ1n) is 12.3. The maximum Gasteiger partial charge on any atom is 0.343 e. The van der Waals surface area contributed by atoms with Gasteiger partial charge >= 0.3 is 5.97 Å². The van der Waals surface area contributed by atoms with Crippen molar-refractivity contribution in [3.8, 4) is 0 Å². The van der Waals surface area contributed by atoms with E-state index in [9.17, 15) is 9.90 Å². The van der Waals surface area contributed by atoms with E-state index in [1.54, 1.807) is 36.4 Å². The summed E-state index contributed by atoms with van der Waals surface area (Å²) in [4.78, 5) is 13.7. The number of fused-ring (bicyclic) bond motifs is 2. The first-order valence-corrected chi connectivity index (χ1v) is 12.3. The Kier molecular flexibility index (Phi) is 7.49. The van der Waals surface area contributed by atoms with Crippen LogP contribution in [0.3, 0.4) is 0 Å². The second-order valence-electron chi connectivity index (χ2n) is 8.70. The number of aromatic nitrogens is 1. The van der Waals surface area contributed by atoms with Crippen molar-refractivity contribution < 1.29 is 28.6 Å². The molecule has 5 aromatic rings. The number of carboxylic acids is 1. The zero-order valence-electron chi connectivity index (χ0n) is 20.8. The van der Waals surface area contributed by atoms with Gasteiger partial charge in [0.15, 0.2) is 5.58 Å². The molecule has 7 heteroatoms. The van der Waals surface area contributed by atoms with E-state index in [1.807, 2.05) is 79.7 Å². The Morgan fingerprint density at radius 1 is 0.868 bits per heavy atom. The van der Waals surface area contributed by atoms with Gasteiger partial charge in [-0.2, -0.15) is 4.68 Å². The lowest BCUT2D eigenvalue weighted by Crippen LogP contribution is -2.46. The van der Waals surface area contributed by atoms with Crippen LogP contribution < -0.4 is 0 Å². The molecule has 1 aromatic heterocycles. The van der Waals surface area contributed by atoms with Crippen molar-refractivity contribution >= 4 is 27.8 Å². The summed E-state index contributed by atoms with van der Waals surface area (Å²) in [5.41, 5.74) is 0.506. The van der Waals surface area contributed by atoms with Gasteiger partial charge in [-0.05, 0) is 35.3 Å². The Bertz CT molecular complexity index is 1520. The van der Waals surface area contributed by atoms with Gasteiger partial charge in [-0.25, -0.2) is 4.79 Å². The number of hydrogen-bond acceptors (Lipinski definition) is 6. The maximum absolute atomic E-state index is 13.7. The number of benzene rings is 4. The highest BCUT2D eigenvalue weighted by molar-refractivity contribution is 5.99. The summed E-state index contributed by atoms with van der Waals surface area (Å²) in [5.74, 6) is -1.21. The fourth-order valence-corrected chi connectivity index (χ4v) is 4.73. The summed E-state index contributed by atoms with van der Waals surface area (Å²) >= 11 is 0. The Hall–Kier alpha value is -4.46. The third kappa shape index (κ3) is 4.77. The predicted octanol–water partition coefficient (Wildman–Crippen LogP) is 6.97. The summed E-state index contributed by atoms with van der Waals surface area (Å²) in [6.07, 6.45) is -1.02. The molecule has 7 nitrogen and oxygen atoms in total. The van der Waals surface area contributed by atoms with Crippen LogP contribution in [0, 0.1) is 0 Å². The fraction of sp³-hybridized carbons (Fsp3) is 0.161. The van der Waals surface area contributed by atoms with Gasteiger partial charge in [0.05, 0.1) is 6.61 Å². The Morgan fingerprint density at radius 3 is 2.21 bits per heavy atom. The van der Waals surface area contributed by atoms with Gasteiger partial charge in [-0.3, -0.25) is 4.58 Å². The van der Waals surface area contributed by atoms with Crippen molar-refractivity contribution in [3.63, 3.8) is 0 Å². The van der Waals surface area contributed by atoms with Gasteiger partial charge in [-0.1, -0.05) is 97.1 Å². The Morgan fingerprint density at radius 2 is 1.50 bits per heavy atom. The van der Waals surface area contributed by atoms with E-state index in [0.717, 1.165) is 5.56 Å². The zero-order chi connectivity index (χ0) is 26.4. The highest BCUT2D eigenvalue weighted by Crippen LogP contribution is 2.47. The zero-order valence-corrected chi connectivity index (χ0v) is 20.8. The van der Waals surface area contributed by atoms with Gasteiger partial charge in [-0.15, -0.1) is 0 Å². The molecule has 0 radical (unpaired) electrons. The molecule has 0 aliphatic rings. The normalized spacial score (nSPS) is 13.6. The highest BCUT2D eigenvalue weighted by atomic mass is 17.0. The van der Waals surface area contributed by atoms with Crippen molar-refractivity contribution in [2.24, 2.45) is 0 Å². The minimum Gasteiger partial charge on any atom is -0.479 e. The first kappa shape index (κ1) is 25.2. The van der Waals surface area contributed by atoms with Crippen molar-refractivity contribution in [3.05, 3.63) is 126 Å². The topological polar surface area (TPSA) is 94.9 Å². The Labute approximate surface area is 219 Å². The van der Waals surface area contributed by atoms with Crippen molar-refractivity contribution in [2.75, 3.05) is 6.61 Å². The third-order valence-corrected chi connectivity index (χ3v) is 6.40. The average molecular weight is 510 g/mol.